The molecule has 0 saturated heterocycles. The summed E-state index contributed by atoms with van der Waals surface area (Å²) in [4.78, 5) is 11.8. The summed E-state index contributed by atoms with van der Waals surface area (Å²) in [6.07, 6.45) is 0.0488. The number of amides is 1. The minimum absolute atomic E-state index is 0.0488. The molecule has 0 fully saturated rings. The molecule has 0 spiro atoms. The number of anilines is 1. The van der Waals surface area contributed by atoms with Gasteiger partial charge < -0.3 is 10.1 Å². The van der Waals surface area contributed by atoms with Gasteiger partial charge in [-0.1, -0.05) is 12.1 Å². The van der Waals surface area contributed by atoms with Crippen molar-refractivity contribution in [2.75, 3.05) is 12.4 Å². The zero-order chi connectivity index (χ0) is 14.5. The van der Waals surface area contributed by atoms with Gasteiger partial charge in [0.25, 0.3) is 0 Å². The Morgan fingerprint density at radius 2 is 2.00 bits per heavy atom. The summed E-state index contributed by atoms with van der Waals surface area (Å²) in [7, 11) is 1.53. The smallest absolute Gasteiger partial charge is 0.228 e. The molecule has 2 rings (SSSR count). The molecule has 0 aliphatic carbocycles. The van der Waals surface area contributed by atoms with Gasteiger partial charge in [-0.05, 0) is 29.8 Å². The lowest BCUT2D eigenvalue weighted by molar-refractivity contribution is -0.115. The molecule has 1 N–H and O–H groups in total. The Balaban J connectivity index is 2.07. The standard InChI is InChI=1S/C15H13F2NO2/c1-20-12-4-2-3-10(7-12)8-15(19)18-14-9-11(16)5-6-13(14)17/h2-7,9H,8H2,1H3,(H,18,19). The maximum atomic E-state index is 13.4. The summed E-state index contributed by atoms with van der Waals surface area (Å²) < 4.78 is 31.4. The number of halogens is 2. The van der Waals surface area contributed by atoms with E-state index < -0.39 is 17.5 Å². The molecule has 0 aliphatic heterocycles. The largest absolute Gasteiger partial charge is 0.497 e. The van der Waals surface area contributed by atoms with Crippen molar-refractivity contribution >= 4 is 11.6 Å². The van der Waals surface area contributed by atoms with Crippen LogP contribution in [0.4, 0.5) is 14.5 Å². The predicted octanol–water partition coefficient (Wildman–Crippen LogP) is 3.15. The van der Waals surface area contributed by atoms with Gasteiger partial charge >= 0.3 is 0 Å². The van der Waals surface area contributed by atoms with Crippen molar-refractivity contribution in [1.29, 1.82) is 0 Å². The van der Waals surface area contributed by atoms with E-state index in [1.165, 1.54) is 7.11 Å². The van der Waals surface area contributed by atoms with Gasteiger partial charge in [0.1, 0.15) is 17.4 Å². The average molecular weight is 277 g/mol. The van der Waals surface area contributed by atoms with Crippen LogP contribution in [0.1, 0.15) is 5.56 Å². The first-order valence-electron chi connectivity index (χ1n) is 5.96. The van der Waals surface area contributed by atoms with Crippen LogP contribution in [0.15, 0.2) is 42.5 Å². The highest BCUT2D eigenvalue weighted by Gasteiger charge is 2.09. The van der Waals surface area contributed by atoms with Crippen LogP contribution in [0, 0.1) is 11.6 Å². The second-order valence-electron chi connectivity index (χ2n) is 4.20. The van der Waals surface area contributed by atoms with Crippen LogP contribution in [0.5, 0.6) is 5.75 Å². The molecule has 2 aromatic rings. The number of hydrogen-bond acceptors (Lipinski definition) is 2. The van der Waals surface area contributed by atoms with Crippen molar-refractivity contribution in [2.45, 2.75) is 6.42 Å². The molecule has 0 atom stereocenters. The lowest BCUT2D eigenvalue weighted by Crippen LogP contribution is -2.15. The Morgan fingerprint density at radius 1 is 1.20 bits per heavy atom. The lowest BCUT2D eigenvalue weighted by Gasteiger charge is -2.07. The minimum atomic E-state index is -0.676. The van der Waals surface area contributed by atoms with Gasteiger partial charge in [-0.25, -0.2) is 8.78 Å². The summed E-state index contributed by atoms with van der Waals surface area (Å²) in [6, 6.07) is 9.88. The minimum Gasteiger partial charge on any atom is -0.497 e. The summed E-state index contributed by atoms with van der Waals surface area (Å²) in [5.74, 6) is -1.08. The molecule has 0 aliphatic rings. The Morgan fingerprint density at radius 3 is 2.75 bits per heavy atom. The second-order valence-corrected chi connectivity index (χ2v) is 4.20. The Bertz CT molecular complexity index is 629. The van der Waals surface area contributed by atoms with E-state index in [1.807, 2.05) is 0 Å². The highest BCUT2D eigenvalue weighted by Crippen LogP contribution is 2.17. The first-order valence-corrected chi connectivity index (χ1v) is 5.96. The summed E-state index contributed by atoms with van der Waals surface area (Å²) in [5.41, 5.74) is 0.552. The molecule has 0 saturated carbocycles. The van der Waals surface area contributed by atoms with Gasteiger partial charge in [-0.2, -0.15) is 0 Å². The van der Waals surface area contributed by atoms with E-state index in [2.05, 4.69) is 5.32 Å². The molecule has 5 heteroatoms. The van der Waals surface area contributed by atoms with Crippen LogP contribution < -0.4 is 10.1 Å². The molecule has 20 heavy (non-hydrogen) atoms. The van der Waals surface area contributed by atoms with Crippen LogP contribution in [0.2, 0.25) is 0 Å². The van der Waals surface area contributed by atoms with Crippen molar-refractivity contribution in [3.05, 3.63) is 59.7 Å². The number of ether oxygens (including phenoxy) is 1. The molecule has 0 bridgehead atoms. The van der Waals surface area contributed by atoms with Gasteiger partial charge in [0.2, 0.25) is 5.91 Å². The van der Waals surface area contributed by atoms with E-state index in [0.717, 1.165) is 23.8 Å². The van der Waals surface area contributed by atoms with Gasteiger partial charge in [0.05, 0.1) is 19.2 Å². The van der Waals surface area contributed by atoms with Crippen molar-refractivity contribution in [3.8, 4) is 5.75 Å². The van der Waals surface area contributed by atoms with Crippen LogP contribution in [-0.2, 0) is 11.2 Å². The number of nitrogens with one attached hydrogen (secondary N) is 1. The number of rotatable bonds is 4. The lowest BCUT2D eigenvalue weighted by atomic mass is 10.1. The van der Waals surface area contributed by atoms with Crippen LogP contribution >= 0.6 is 0 Å². The Labute approximate surface area is 115 Å². The first kappa shape index (κ1) is 14.0. The zero-order valence-electron chi connectivity index (χ0n) is 10.8. The summed E-state index contributed by atoms with van der Waals surface area (Å²) >= 11 is 0. The third-order valence-electron chi connectivity index (χ3n) is 2.70. The van der Waals surface area contributed by atoms with Crippen LogP contribution in [0.25, 0.3) is 0 Å². The molecule has 0 aromatic heterocycles. The Hall–Kier alpha value is -2.43. The van der Waals surface area contributed by atoms with Gasteiger partial charge in [0, 0.05) is 6.07 Å². The Kier molecular flexibility index (Phi) is 4.30. The maximum absolute atomic E-state index is 13.4. The molecule has 0 radical (unpaired) electrons. The fourth-order valence-electron chi connectivity index (χ4n) is 1.76. The third-order valence-corrected chi connectivity index (χ3v) is 2.70. The molecule has 0 heterocycles. The molecule has 104 valence electrons. The fraction of sp³-hybridized carbons (Fsp3) is 0.133. The highest BCUT2D eigenvalue weighted by molar-refractivity contribution is 5.92. The molecular formula is C15H13F2NO2. The van der Waals surface area contributed by atoms with E-state index in [4.69, 9.17) is 4.74 Å². The highest BCUT2D eigenvalue weighted by atomic mass is 19.1. The number of methoxy groups -OCH3 is 1. The predicted molar refractivity (Wildman–Crippen MR) is 71.7 cm³/mol. The molecular weight excluding hydrogens is 264 g/mol. The van der Waals surface area contributed by atoms with E-state index in [-0.39, 0.29) is 12.1 Å². The maximum Gasteiger partial charge on any atom is 0.228 e. The number of carbonyl (C=O) groups is 1. The van der Waals surface area contributed by atoms with Gasteiger partial charge in [-0.15, -0.1) is 0 Å². The SMILES string of the molecule is COc1cccc(CC(=O)Nc2cc(F)ccc2F)c1. The normalized spacial score (nSPS) is 10.2. The van der Waals surface area contributed by atoms with Crippen molar-refractivity contribution in [2.24, 2.45) is 0 Å². The molecule has 1 amide bonds. The van der Waals surface area contributed by atoms with Gasteiger partial charge in [-0.3, -0.25) is 4.79 Å². The first-order chi connectivity index (χ1) is 9.58. The number of benzene rings is 2. The van der Waals surface area contributed by atoms with Crippen molar-refractivity contribution < 1.29 is 18.3 Å². The average Bonchev–Trinajstić information content (AvgIpc) is 2.43. The third kappa shape index (κ3) is 3.54. The van der Waals surface area contributed by atoms with Crippen LogP contribution in [0.3, 0.4) is 0 Å². The van der Waals surface area contributed by atoms with E-state index in [0.29, 0.717) is 5.75 Å². The molecule has 3 nitrogen and oxygen atoms in total. The van der Waals surface area contributed by atoms with Crippen molar-refractivity contribution in [3.63, 3.8) is 0 Å². The monoisotopic (exact) mass is 277 g/mol. The zero-order valence-corrected chi connectivity index (χ0v) is 10.8. The second kappa shape index (κ2) is 6.14. The topological polar surface area (TPSA) is 38.3 Å². The van der Waals surface area contributed by atoms with E-state index >= 15 is 0 Å². The van der Waals surface area contributed by atoms with Crippen LogP contribution in [-0.4, -0.2) is 13.0 Å². The molecule has 2 aromatic carbocycles. The van der Waals surface area contributed by atoms with Crippen molar-refractivity contribution in [1.82, 2.24) is 0 Å². The number of carbonyl (C=O) groups excluding carboxylic acids is 1. The number of hydrogen-bond donors (Lipinski definition) is 1. The quantitative estimate of drug-likeness (QED) is 0.932. The molecule has 0 unspecified atom stereocenters. The fourth-order valence-corrected chi connectivity index (χ4v) is 1.76. The summed E-state index contributed by atoms with van der Waals surface area (Å²) in [6.45, 7) is 0. The van der Waals surface area contributed by atoms with E-state index in [9.17, 15) is 13.6 Å². The van der Waals surface area contributed by atoms with Gasteiger partial charge in [0.15, 0.2) is 0 Å². The van der Waals surface area contributed by atoms with E-state index in [1.54, 1.807) is 24.3 Å². The summed E-state index contributed by atoms with van der Waals surface area (Å²) in [5, 5.41) is 2.34.